The van der Waals surface area contributed by atoms with Crippen molar-refractivity contribution in [2.24, 2.45) is 5.41 Å². The predicted octanol–water partition coefficient (Wildman–Crippen LogP) is 3.07. The third-order valence-corrected chi connectivity index (χ3v) is 5.42. The molecule has 2 aromatic rings. The minimum atomic E-state index is -0.0108. The monoisotopic (exact) mass is 356 g/mol. The van der Waals surface area contributed by atoms with Crippen LogP contribution in [0.5, 0.6) is 5.75 Å². The van der Waals surface area contributed by atoms with E-state index in [0.717, 1.165) is 50.5 Å². The highest BCUT2D eigenvalue weighted by Gasteiger charge is 2.43. The number of likely N-dealkylation sites (tertiary alicyclic amines) is 1. The van der Waals surface area contributed by atoms with Crippen molar-refractivity contribution < 1.29 is 18.7 Å². The number of aromatic nitrogens is 1. The molecule has 0 radical (unpaired) electrons. The van der Waals surface area contributed by atoms with Crippen molar-refractivity contribution >= 4 is 5.91 Å². The maximum atomic E-state index is 12.5. The lowest BCUT2D eigenvalue weighted by Crippen LogP contribution is -2.43. The fraction of sp³-hybridized carbons (Fsp3) is 0.500. The number of aryl methyl sites for hydroxylation is 1. The van der Waals surface area contributed by atoms with Crippen molar-refractivity contribution in [3.8, 4) is 5.75 Å². The molecule has 6 nitrogen and oxygen atoms in total. The molecule has 2 saturated heterocycles. The minimum absolute atomic E-state index is 0.0108. The Labute approximate surface area is 153 Å². The number of furan rings is 1. The lowest BCUT2D eigenvalue weighted by molar-refractivity contribution is 0.0413. The molecule has 2 aliphatic heterocycles. The van der Waals surface area contributed by atoms with Crippen molar-refractivity contribution in [2.45, 2.75) is 32.3 Å². The van der Waals surface area contributed by atoms with Gasteiger partial charge in [0.15, 0.2) is 5.76 Å². The Bertz CT molecular complexity index is 750. The first-order valence-corrected chi connectivity index (χ1v) is 9.14. The average molecular weight is 356 g/mol. The van der Waals surface area contributed by atoms with Gasteiger partial charge in [-0.15, -0.1) is 0 Å². The highest BCUT2D eigenvalue weighted by molar-refractivity contribution is 5.91. The van der Waals surface area contributed by atoms with Crippen LogP contribution in [0.25, 0.3) is 0 Å². The van der Waals surface area contributed by atoms with E-state index in [1.54, 1.807) is 18.5 Å². The van der Waals surface area contributed by atoms with Gasteiger partial charge in [-0.25, -0.2) is 0 Å². The van der Waals surface area contributed by atoms with E-state index in [4.69, 9.17) is 13.9 Å². The molecule has 4 rings (SSSR count). The lowest BCUT2D eigenvalue weighted by atomic mass is 9.76. The Morgan fingerprint density at radius 2 is 2.19 bits per heavy atom. The fourth-order valence-corrected chi connectivity index (χ4v) is 3.86. The van der Waals surface area contributed by atoms with Crippen LogP contribution in [0.2, 0.25) is 0 Å². The Hall–Kier alpha value is -2.34. The van der Waals surface area contributed by atoms with E-state index in [9.17, 15) is 4.79 Å². The van der Waals surface area contributed by atoms with Gasteiger partial charge in [0.1, 0.15) is 18.1 Å². The smallest absolute Gasteiger partial charge is 0.289 e. The van der Waals surface area contributed by atoms with Gasteiger partial charge < -0.3 is 18.8 Å². The van der Waals surface area contributed by atoms with Crippen LogP contribution in [0.4, 0.5) is 0 Å². The molecule has 2 aliphatic rings. The summed E-state index contributed by atoms with van der Waals surface area (Å²) < 4.78 is 17.2. The molecule has 0 aromatic carbocycles. The first-order valence-electron chi connectivity index (χ1n) is 9.14. The summed E-state index contributed by atoms with van der Waals surface area (Å²) in [5.41, 5.74) is 0.166. The molecule has 1 amide bonds. The Kier molecular flexibility index (Phi) is 4.68. The van der Waals surface area contributed by atoms with Crippen molar-refractivity contribution in [3.63, 3.8) is 0 Å². The van der Waals surface area contributed by atoms with Crippen LogP contribution in [0, 0.1) is 12.3 Å². The number of nitrogens with zero attached hydrogens (tertiary/aromatic N) is 2. The fourth-order valence-electron chi connectivity index (χ4n) is 3.86. The third-order valence-electron chi connectivity index (χ3n) is 5.42. The largest absolute Gasteiger partial charge is 0.489 e. The van der Waals surface area contributed by atoms with Crippen molar-refractivity contribution in [1.29, 1.82) is 0 Å². The summed E-state index contributed by atoms with van der Waals surface area (Å²) in [5, 5.41) is 0. The van der Waals surface area contributed by atoms with E-state index in [2.05, 4.69) is 4.98 Å². The number of rotatable bonds is 4. The van der Waals surface area contributed by atoms with Crippen molar-refractivity contribution in [1.82, 2.24) is 9.88 Å². The predicted molar refractivity (Wildman–Crippen MR) is 95.1 cm³/mol. The molecule has 2 aromatic heterocycles. The number of pyridine rings is 1. The van der Waals surface area contributed by atoms with Gasteiger partial charge in [-0.05, 0) is 55.9 Å². The Balaban J connectivity index is 1.28. The molecule has 0 aliphatic carbocycles. The van der Waals surface area contributed by atoms with Crippen LogP contribution in [0.3, 0.4) is 0 Å². The Morgan fingerprint density at radius 3 is 2.88 bits per heavy atom. The first kappa shape index (κ1) is 17.1. The second-order valence-electron chi connectivity index (χ2n) is 7.34. The van der Waals surface area contributed by atoms with Gasteiger partial charge in [-0.3, -0.25) is 9.78 Å². The summed E-state index contributed by atoms with van der Waals surface area (Å²) in [5.74, 6) is 1.96. The van der Waals surface area contributed by atoms with E-state index < -0.39 is 0 Å². The van der Waals surface area contributed by atoms with Crippen molar-refractivity contribution in [3.05, 3.63) is 48.2 Å². The highest BCUT2D eigenvalue weighted by atomic mass is 16.5. The molecule has 1 atom stereocenters. The summed E-state index contributed by atoms with van der Waals surface area (Å²) >= 11 is 0. The molecule has 2 fully saturated rings. The van der Waals surface area contributed by atoms with Crippen LogP contribution >= 0.6 is 0 Å². The lowest BCUT2D eigenvalue weighted by Gasteiger charge is -2.38. The van der Waals surface area contributed by atoms with Gasteiger partial charge in [-0.2, -0.15) is 0 Å². The second kappa shape index (κ2) is 7.11. The summed E-state index contributed by atoms with van der Waals surface area (Å²) in [4.78, 5) is 18.5. The number of hydrogen-bond donors (Lipinski definition) is 0. The summed E-state index contributed by atoms with van der Waals surface area (Å²) in [7, 11) is 0. The van der Waals surface area contributed by atoms with Gasteiger partial charge in [0, 0.05) is 19.3 Å². The molecule has 6 heteroatoms. The quantitative estimate of drug-likeness (QED) is 0.842. The molecule has 1 spiro atoms. The molecular weight excluding hydrogens is 332 g/mol. The minimum Gasteiger partial charge on any atom is -0.489 e. The van der Waals surface area contributed by atoms with Crippen LogP contribution in [-0.2, 0) is 4.74 Å². The zero-order valence-corrected chi connectivity index (χ0v) is 15.0. The SMILES string of the molecule is Cc1ccc(C(=O)N2CCC3(CC2)CO[C@@H](COc2cccnc2)C3)o1. The second-order valence-corrected chi connectivity index (χ2v) is 7.34. The third kappa shape index (κ3) is 3.60. The van der Waals surface area contributed by atoms with E-state index in [0.29, 0.717) is 12.4 Å². The molecule has 138 valence electrons. The maximum absolute atomic E-state index is 12.5. The molecule has 0 unspecified atom stereocenters. The van der Waals surface area contributed by atoms with Gasteiger partial charge in [0.25, 0.3) is 5.91 Å². The molecule has 26 heavy (non-hydrogen) atoms. The topological polar surface area (TPSA) is 64.8 Å². The van der Waals surface area contributed by atoms with Gasteiger partial charge in [0.2, 0.25) is 0 Å². The molecule has 0 bridgehead atoms. The maximum Gasteiger partial charge on any atom is 0.289 e. The highest BCUT2D eigenvalue weighted by Crippen LogP contribution is 2.42. The van der Waals surface area contributed by atoms with E-state index in [-0.39, 0.29) is 17.4 Å². The number of carbonyl (C=O) groups is 1. The van der Waals surface area contributed by atoms with Crippen LogP contribution in [-0.4, -0.2) is 48.2 Å². The van der Waals surface area contributed by atoms with Crippen molar-refractivity contribution in [2.75, 3.05) is 26.3 Å². The zero-order chi connectivity index (χ0) is 18.0. The van der Waals surface area contributed by atoms with E-state index in [1.165, 1.54) is 0 Å². The number of carbonyl (C=O) groups excluding carboxylic acids is 1. The van der Waals surface area contributed by atoms with Gasteiger partial charge in [0.05, 0.1) is 18.9 Å². The standard InChI is InChI=1S/C20H24N2O4/c1-15-4-5-18(26-15)19(23)22-9-6-20(7-10-22)11-17(25-14-20)13-24-16-3-2-8-21-12-16/h2-5,8,12,17H,6-7,9-11,13-14H2,1H3/t17-/m1/s1. The van der Waals surface area contributed by atoms with E-state index in [1.807, 2.05) is 30.0 Å². The molecular formula is C20H24N2O4. The summed E-state index contributed by atoms with van der Waals surface area (Å²) in [6, 6.07) is 7.35. The van der Waals surface area contributed by atoms with E-state index >= 15 is 0 Å². The Morgan fingerprint density at radius 1 is 1.35 bits per heavy atom. The molecule has 0 N–H and O–H groups in total. The number of hydrogen-bond acceptors (Lipinski definition) is 5. The van der Waals surface area contributed by atoms with Crippen LogP contribution in [0.1, 0.15) is 35.6 Å². The van der Waals surface area contributed by atoms with Crippen LogP contribution in [0.15, 0.2) is 41.1 Å². The summed E-state index contributed by atoms with van der Waals surface area (Å²) in [6.07, 6.45) is 6.45. The average Bonchev–Trinajstić information content (AvgIpc) is 3.28. The molecule has 0 saturated carbocycles. The van der Waals surface area contributed by atoms with Gasteiger partial charge in [-0.1, -0.05) is 0 Å². The number of piperidine rings is 1. The number of amides is 1. The normalized spacial score (nSPS) is 21.9. The van der Waals surface area contributed by atoms with Crippen LogP contribution < -0.4 is 4.74 Å². The van der Waals surface area contributed by atoms with Gasteiger partial charge >= 0.3 is 0 Å². The number of ether oxygens (including phenoxy) is 2. The first-order chi connectivity index (χ1) is 12.6. The summed E-state index contributed by atoms with van der Waals surface area (Å²) in [6.45, 7) is 4.64. The zero-order valence-electron chi connectivity index (χ0n) is 15.0. The molecule has 4 heterocycles.